The summed E-state index contributed by atoms with van der Waals surface area (Å²) in [6.45, 7) is 2.27. The van der Waals surface area contributed by atoms with Gasteiger partial charge in [-0.3, -0.25) is 4.79 Å². The second-order valence-electron chi connectivity index (χ2n) is 5.84. The molecule has 0 aromatic carbocycles. The second kappa shape index (κ2) is 16.3. The quantitative estimate of drug-likeness (QED) is 0.312. The van der Waals surface area contributed by atoms with E-state index >= 15 is 0 Å². The fourth-order valence-corrected chi connectivity index (χ4v) is 2.48. The van der Waals surface area contributed by atoms with Crippen molar-refractivity contribution in [2.45, 2.75) is 96.8 Å². The first-order chi connectivity index (χ1) is 9.77. The fourth-order valence-electron chi connectivity index (χ4n) is 2.48. The standard InChI is InChI=1S/C18H35NO/c1-2-3-4-5-6-7-8-9-10-11-12-13-14-15-16-17-18(19)20/h16-17H,2-15H2,1H3,(H2,19,20)/b17-16-. The molecule has 1 amide bonds. The molecular formula is C18H35NO. The lowest BCUT2D eigenvalue weighted by Crippen LogP contribution is -2.05. The van der Waals surface area contributed by atoms with Crippen LogP contribution in [0.25, 0.3) is 0 Å². The number of unbranched alkanes of at least 4 members (excludes halogenated alkanes) is 13. The van der Waals surface area contributed by atoms with Crippen LogP contribution in [0, 0.1) is 0 Å². The number of amides is 1. The number of nitrogens with two attached hydrogens (primary N) is 1. The number of allylic oxidation sites excluding steroid dienone is 1. The molecule has 0 aromatic heterocycles. The van der Waals surface area contributed by atoms with E-state index in [-0.39, 0.29) is 5.91 Å². The first-order valence-corrected chi connectivity index (χ1v) is 8.73. The maximum atomic E-state index is 10.5. The van der Waals surface area contributed by atoms with Gasteiger partial charge in [-0.05, 0) is 18.9 Å². The predicted molar refractivity (Wildman–Crippen MR) is 88.6 cm³/mol. The van der Waals surface area contributed by atoms with E-state index in [1.54, 1.807) is 0 Å². The molecule has 2 heteroatoms. The van der Waals surface area contributed by atoms with Crippen LogP contribution in [-0.4, -0.2) is 5.91 Å². The van der Waals surface area contributed by atoms with Crippen LogP contribution in [-0.2, 0) is 4.79 Å². The Balaban J connectivity index is 3.01. The van der Waals surface area contributed by atoms with E-state index in [4.69, 9.17) is 5.73 Å². The Hall–Kier alpha value is -0.790. The summed E-state index contributed by atoms with van der Waals surface area (Å²) in [4.78, 5) is 10.5. The molecule has 0 spiro atoms. The summed E-state index contributed by atoms with van der Waals surface area (Å²) in [5.41, 5.74) is 5.02. The molecular weight excluding hydrogens is 246 g/mol. The van der Waals surface area contributed by atoms with Gasteiger partial charge in [-0.15, -0.1) is 0 Å². The number of hydrogen-bond donors (Lipinski definition) is 1. The molecule has 0 aliphatic rings. The highest BCUT2D eigenvalue weighted by atomic mass is 16.1. The van der Waals surface area contributed by atoms with Crippen LogP contribution in [0.3, 0.4) is 0 Å². The van der Waals surface area contributed by atoms with Gasteiger partial charge in [0.2, 0.25) is 5.91 Å². The van der Waals surface area contributed by atoms with Gasteiger partial charge in [-0.2, -0.15) is 0 Å². The Labute approximate surface area is 126 Å². The van der Waals surface area contributed by atoms with Crippen molar-refractivity contribution in [3.8, 4) is 0 Å². The van der Waals surface area contributed by atoms with Crippen molar-refractivity contribution in [3.05, 3.63) is 12.2 Å². The molecule has 0 unspecified atom stereocenters. The molecule has 2 nitrogen and oxygen atoms in total. The molecule has 0 aliphatic heterocycles. The van der Waals surface area contributed by atoms with Crippen LogP contribution in [0.1, 0.15) is 96.8 Å². The first-order valence-electron chi connectivity index (χ1n) is 8.73. The SMILES string of the molecule is CCCCCCCCCCCCCCC/C=C\C(N)=O. The van der Waals surface area contributed by atoms with Crippen molar-refractivity contribution < 1.29 is 4.79 Å². The lowest BCUT2D eigenvalue weighted by Gasteiger charge is -2.02. The topological polar surface area (TPSA) is 43.1 Å². The zero-order valence-corrected chi connectivity index (χ0v) is 13.5. The third-order valence-corrected chi connectivity index (χ3v) is 3.76. The van der Waals surface area contributed by atoms with Crippen LogP contribution in [0.5, 0.6) is 0 Å². The minimum absolute atomic E-state index is 0.334. The highest BCUT2D eigenvalue weighted by Gasteiger charge is 1.93. The number of hydrogen-bond acceptors (Lipinski definition) is 1. The predicted octanol–water partition coefficient (Wildman–Crippen LogP) is 5.51. The van der Waals surface area contributed by atoms with Crippen molar-refractivity contribution in [2.24, 2.45) is 5.73 Å². The molecule has 0 aromatic rings. The monoisotopic (exact) mass is 281 g/mol. The van der Waals surface area contributed by atoms with E-state index in [1.807, 2.05) is 6.08 Å². The molecule has 0 fully saturated rings. The molecule has 0 saturated carbocycles. The lowest BCUT2D eigenvalue weighted by atomic mass is 10.0. The van der Waals surface area contributed by atoms with Crippen LogP contribution in [0.15, 0.2) is 12.2 Å². The highest BCUT2D eigenvalue weighted by molar-refractivity contribution is 5.85. The average Bonchev–Trinajstić information content (AvgIpc) is 2.43. The highest BCUT2D eigenvalue weighted by Crippen LogP contribution is 2.12. The van der Waals surface area contributed by atoms with Crippen molar-refractivity contribution in [1.82, 2.24) is 0 Å². The van der Waals surface area contributed by atoms with E-state index in [9.17, 15) is 4.79 Å². The molecule has 0 bridgehead atoms. The summed E-state index contributed by atoms with van der Waals surface area (Å²) in [5, 5.41) is 0. The fraction of sp³-hybridized carbons (Fsp3) is 0.833. The first kappa shape index (κ1) is 19.2. The van der Waals surface area contributed by atoms with Crippen LogP contribution in [0.2, 0.25) is 0 Å². The minimum atomic E-state index is -0.334. The van der Waals surface area contributed by atoms with Gasteiger partial charge in [0, 0.05) is 0 Å². The third kappa shape index (κ3) is 17.2. The minimum Gasteiger partial charge on any atom is -0.366 e. The molecule has 0 radical (unpaired) electrons. The Bertz CT molecular complexity index is 236. The van der Waals surface area contributed by atoms with Gasteiger partial charge in [-0.1, -0.05) is 90.0 Å². The van der Waals surface area contributed by atoms with Gasteiger partial charge in [0.1, 0.15) is 0 Å². The molecule has 0 rings (SSSR count). The number of carbonyl (C=O) groups excluding carboxylic acids is 1. The summed E-state index contributed by atoms with van der Waals surface area (Å²) >= 11 is 0. The van der Waals surface area contributed by atoms with E-state index in [2.05, 4.69) is 6.92 Å². The summed E-state index contributed by atoms with van der Waals surface area (Å²) < 4.78 is 0. The summed E-state index contributed by atoms with van der Waals surface area (Å²) in [6.07, 6.45) is 22.2. The van der Waals surface area contributed by atoms with E-state index in [0.29, 0.717) is 0 Å². The largest absolute Gasteiger partial charge is 0.366 e. The van der Waals surface area contributed by atoms with Gasteiger partial charge in [0.05, 0.1) is 0 Å². The van der Waals surface area contributed by atoms with Crippen LogP contribution in [0.4, 0.5) is 0 Å². The Morgan fingerprint density at radius 2 is 1.15 bits per heavy atom. The van der Waals surface area contributed by atoms with Gasteiger partial charge >= 0.3 is 0 Å². The molecule has 2 N–H and O–H groups in total. The van der Waals surface area contributed by atoms with Crippen molar-refractivity contribution in [1.29, 1.82) is 0 Å². The van der Waals surface area contributed by atoms with Gasteiger partial charge in [0.15, 0.2) is 0 Å². The molecule has 0 saturated heterocycles. The smallest absolute Gasteiger partial charge is 0.241 e. The number of rotatable bonds is 15. The van der Waals surface area contributed by atoms with Gasteiger partial charge < -0.3 is 5.73 Å². The van der Waals surface area contributed by atoms with E-state index < -0.39 is 0 Å². The zero-order valence-electron chi connectivity index (χ0n) is 13.5. The second-order valence-corrected chi connectivity index (χ2v) is 5.84. The molecule has 118 valence electrons. The van der Waals surface area contributed by atoms with E-state index in [0.717, 1.165) is 6.42 Å². The van der Waals surface area contributed by atoms with Crippen molar-refractivity contribution >= 4 is 5.91 Å². The zero-order chi connectivity index (χ0) is 14.9. The van der Waals surface area contributed by atoms with Crippen molar-refractivity contribution in [2.75, 3.05) is 0 Å². The Kier molecular flexibility index (Phi) is 15.6. The molecule has 0 heterocycles. The average molecular weight is 281 g/mol. The van der Waals surface area contributed by atoms with Gasteiger partial charge in [0.25, 0.3) is 0 Å². The normalized spacial score (nSPS) is 11.2. The Morgan fingerprint density at radius 3 is 1.55 bits per heavy atom. The number of carbonyl (C=O) groups is 1. The maximum Gasteiger partial charge on any atom is 0.241 e. The van der Waals surface area contributed by atoms with Crippen LogP contribution < -0.4 is 5.73 Å². The summed E-state index contributed by atoms with van der Waals surface area (Å²) in [7, 11) is 0. The lowest BCUT2D eigenvalue weighted by molar-refractivity contribution is -0.113. The molecule has 20 heavy (non-hydrogen) atoms. The van der Waals surface area contributed by atoms with Gasteiger partial charge in [-0.25, -0.2) is 0 Å². The summed E-state index contributed by atoms with van der Waals surface area (Å²) in [6, 6.07) is 0. The van der Waals surface area contributed by atoms with E-state index in [1.165, 1.54) is 89.5 Å². The third-order valence-electron chi connectivity index (χ3n) is 3.76. The summed E-state index contributed by atoms with van der Waals surface area (Å²) in [5.74, 6) is -0.334. The molecule has 0 aliphatic carbocycles. The van der Waals surface area contributed by atoms with Crippen LogP contribution >= 0.6 is 0 Å². The number of primary amides is 1. The van der Waals surface area contributed by atoms with Crippen molar-refractivity contribution in [3.63, 3.8) is 0 Å². The molecule has 0 atom stereocenters. The maximum absolute atomic E-state index is 10.5. The Morgan fingerprint density at radius 1 is 0.750 bits per heavy atom.